The summed E-state index contributed by atoms with van der Waals surface area (Å²) < 4.78 is 11.1. The van der Waals surface area contributed by atoms with Crippen LogP contribution >= 0.6 is 0 Å². The van der Waals surface area contributed by atoms with Crippen molar-refractivity contribution in [1.82, 2.24) is 3.53 Å². The Morgan fingerprint density at radius 3 is 2.92 bits per heavy atom. The van der Waals surface area contributed by atoms with E-state index >= 15 is 0 Å². The quantitative estimate of drug-likeness (QED) is 0.106. The third kappa shape index (κ3) is 9.17. The average Bonchev–Trinajstić information content (AvgIpc) is 2.16. The number of rotatable bonds is 8. The maximum absolute atomic E-state index is 5.43. The summed E-state index contributed by atoms with van der Waals surface area (Å²) in [5, 5.41) is 0. The van der Waals surface area contributed by atoms with Gasteiger partial charge in [0.25, 0.3) is 0 Å². The molecule has 0 aliphatic rings. The molecule has 0 saturated heterocycles. The van der Waals surface area contributed by atoms with Crippen LogP contribution in [0.2, 0.25) is 0 Å². The Labute approximate surface area is 103 Å². The van der Waals surface area contributed by atoms with Gasteiger partial charge in [-0.3, -0.25) is 0 Å². The minimum atomic E-state index is -0.200. The zero-order chi connectivity index (χ0) is 9.94. The summed E-state index contributed by atoms with van der Waals surface area (Å²) in [5.41, 5.74) is 1.41. The molecule has 0 aliphatic carbocycles. The van der Waals surface area contributed by atoms with Crippen LogP contribution in [0.4, 0.5) is 0 Å². The van der Waals surface area contributed by atoms with Gasteiger partial charge < -0.3 is 0 Å². The molecule has 0 radical (unpaired) electrons. The molecule has 0 saturated carbocycles. The summed E-state index contributed by atoms with van der Waals surface area (Å²) >= 11 is 0.0792. The molecule has 0 unspecified atom stereocenters. The molecular formula is C9H18I2N2-2. The molecule has 2 nitrogen and oxygen atoms in total. The van der Waals surface area contributed by atoms with Gasteiger partial charge >= 0.3 is 103 Å². The first-order valence-corrected chi connectivity index (χ1v) is 9.63. The van der Waals surface area contributed by atoms with E-state index in [9.17, 15) is 0 Å². The van der Waals surface area contributed by atoms with Gasteiger partial charge in [0.1, 0.15) is 0 Å². The van der Waals surface area contributed by atoms with E-state index in [2.05, 4.69) is 23.1 Å². The average molecular weight is 408 g/mol. The number of halogens is 2. The van der Waals surface area contributed by atoms with Crippen LogP contribution in [-0.4, -0.2) is 8.98 Å². The zero-order valence-corrected chi connectivity index (χ0v) is 12.3. The van der Waals surface area contributed by atoms with Crippen molar-refractivity contribution in [2.75, 3.05) is 8.98 Å². The Hall–Kier alpha value is 0.860. The molecule has 0 amide bonds. The van der Waals surface area contributed by atoms with Crippen LogP contribution in [0.15, 0.2) is 24.3 Å². The molecule has 0 fully saturated rings. The fourth-order valence-corrected chi connectivity index (χ4v) is 4.89. The fraction of sp³-hybridized carbons (Fsp3) is 0.556. The van der Waals surface area contributed by atoms with Crippen LogP contribution in [0.1, 0.15) is 19.8 Å². The first-order chi connectivity index (χ1) is 6.35. The molecule has 0 rings (SSSR count). The maximum atomic E-state index is 5.43. The molecule has 0 aromatic heterocycles. The third-order valence-corrected chi connectivity index (χ3v) is 5.74. The van der Waals surface area contributed by atoms with Crippen molar-refractivity contribution in [2.45, 2.75) is 19.8 Å². The van der Waals surface area contributed by atoms with Gasteiger partial charge in [0, 0.05) is 0 Å². The Morgan fingerprint density at radius 2 is 2.38 bits per heavy atom. The van der Waals surface area contributed by atoms with Gasteiger partial charge in [0.05, 0.1) is 0 Å². The van der Waals surface area contributed by atoms with Crippen molar-refractivity contribution in [3.05, 3.63) is 24.3 Å². The van der Waals surface area contributed by atoms with Crippen LogP contribution in [0.5, 0.6) is 0 Å². The van der Waals surface area contributed by atoms with E-state index in [4.69, 9.17) is 3.95 Å². The Bertz CT molecular complexity index is 158. The second-order valence-electron chi connectivity index (χ2n) is 2.45. The Kier molecular flexibility index (Phi) is 11.7. The zero-order valence-electron chi connectivity index (χ0n) is 8.02. The first kappa shape index (κ1) is 13.9. The number of allylic oxidation sites excluding steroid dienone is 3. The van der Waals surface area contributed by atoms with E-state index < -0.39 is 0 Å². The molecule has 0 heterocycles. The molecule has 0 aromatic rings. The third-order valence-electron chi connectivity index (χ3n) is 1.47. The number of nitrogens with one attached hydrogen (secondary N) is 1. The Balaban J connectivity index is 3.48. The van der Waals surface area contributed by atoms with Crippen molar-refractivity contribution in [3.8, 4) is 0 Å². The van der Waals surface area contributed by atoms with Gasteiger partial charge in [-0.1, -0.05) is 0 Å². The van der Waals surface area contributed by atoms with Crippen LogP contribution in [0, 0.1) is 0 Å². The summed E-state index contributed by atoms with van der Waals surface area (Å²) in [4.78, 5) is 0. The van der Waals surface area contributed by atoms with Gasteiger partial charge in [0.2, 0.25) is 0 Å². The standard InChI is InChI=1S/C9H18I2N2/c1-3-5-9(4-2)6-7-10-8-13-11-12/h4,6,13H,2-3,5,7-8,12H2,1H3/q-2/b9-6-. The molecule has 4 heteroatoms. The topological polar surface area (TPSA) is 38.0 Å². The Morgan fingerprint density at radius 1 is 1.62 bits per heavy atom. The molecular weight excluding hydrogens is 390 g/mol. The molecule has 0 aromatic carbocycles. The summed E-state index contributed by atoms with van der Waals surface area (Å²) in [6, 6.07) is 0. The van der Waals surface area contributed by atoms with E-state index in [0.717, 1.165) is 4.55 Å². The van der Waals surface area contributed by atoms with Crippen LogP contribution < -0.4 is 50.4 Å². The summed E-state index contributed by atoms with van der Waals surface area (Å²) in [6.45, 7) is 6.01. The van der Waals surface area contributed by atoms with Crippen LogP contribution in [0.25, 0.3) is 0 Å². The van der Waals surface area contributed by atoms with Gasteiger partial charge in [-0.2, -0.15) is 0 Å². The van der Waals surface area contributed by atoms with E-state index in [0.29, 0.717) is 0 Å². The predicted octanol–water partition coefficient (Wildman–Crippen LogP) is -4.59. The first-order valence-electron chi connectivity index (χ1n) is 4.25. The van der Waals surface area contributed by atoms with Crippen LogP contribution in [-0.2, 0) is 0 Å². The van der Waals surface area contributed by atoms with Crippen molar-refractivity contribution < 1.29 is 43.0 Å². The van der Waals surface area contributed by atoms with E-state index in [1.165, 1.54) is 22.8 Å². The van der Waals surface area contributed by atoms with Gasteiger partial charge in [-0.15, -0.1) is 0 Å². The molecule has 0 atom stereocenters. The van der Waals surface area contributed by atoms with E-state index in [1.807, 2.05) is 6.08 Å². The molecule has 0 spiro atoms. The summed E-state index contributed by atoms with van der Waals surface area (Å²) in [6.07, 6.45) is 6.70. The van der Waals surface area contributed by atoms with Crippen LogP contribution in [0.3, 0.4) is 0 Å². The van der Waals surface area contributed by atoms with Gasteiger partial charge in [-0.25, -0.2) is 0 Å². The van der Waals surface area contributed by atoms with Crippen molar-refractivity contribution in [3.63, 3.8) is 0 Å². The second-order valence-corrected chi connectivity index (χ2v) is 6.56. The number of hydrogen-bond donors (Lipinski definition) is 2. The fourth-order valence-electron chi connectivity index (χ4n) is 0.849. The van der Waals surface area contributed by atoms with Gasteiger partial charge in [-0.05, 0) is 0 Å². The number of nitrogens with two attached hydrogens (primary N) is 1. The summed E-state index contributed by atoms with van der Waals surface area (Å²) in [7, 11) is 0. The molecule has 0 bridgehead atoms. The van der Waals surface area contributed by atoms with Crippen molar-refractivity contribution in [1.29, 1.82) is 0 Å². The van der Waals surface area contributed by atoms with E-state index in [1.54, 1.807) is 0 Å². The SMILES string of the molecule is C=C/C(=C/C[I-]CN[I-]N)CCC. The summed E-state index contributed by atoms with van der Waals surface area (Å²) in [5.74, 6) is 0. The monoisotopic (exact) mass is 408 g/mol. The number of hydrogen-bond acceptors (Lipinski definition) is 2. The van der Waals surface area contributed by atoms with E-state index in [-0.39, 0.29) is 43.0 Å². The number of alkyl halides is 2. The van der Waals surface area contributed by atoms with Crippen molar-refractivity contribution >= 4 is 0 Å². The molecule has 0 aliphatic heterocycles. The molecule has 13 heavy (non-hydrogen) atoms. The minimum absolute atomic E-state index is 0.200. The molecule has 80 valence electrons. The van der Waals surface area contributed by atoms with Gasteiger partial charge in [0.15, 0.2) is 0 Å². The predicted molar refractivity (Wildman–Crippen MR) is 50.2 cm³/mol. The second kappa shape index (κ2) is 10.9. The normalized spacial score (nSPS) is 12.3. The molecule has 3 N–H and O–H groups in total. The van der Waals surface area contributed by atoms with Crippen molar-refractivity contribution in [2.24, 2.45) is 3.95 Å².